The molecule has 4 heterocycles. The van der Waals surface area contributed by atoms with Crippen LogP contribution in [0.2, 0.25) is 0 Å². The molecular formula is C34H40ClN9O4. The van der Waals surface area contributed by atoms with Crippen LogP contribution in [0.1, 0.15) is 47.2 Å². The van der Waals surface area contributed by atoms with Gasteiger partial charge in [0, 0.05) is 23.6 Å². The number of rotatable bonds is 11. The molecule has 0 saturated heterocycles. The van der Waals surface area contributed by atoms with Crippen LogP contribution in [0.15, 0.2) is 48.5 Å². The fourth-order valence-corrected chi connectivity index (χ4v) is 5.56. The Balaban J connectivity index is 0.000000188. The number of nitrogen functional groups attached to an aromatic ring is 2. The highest BCUT2D eigenvalue weighted by Gasteiger charge is 2.33. The number of ether oxygens (including phenoxy) is 2. The fraction of sp³-hybridized carbons (Fsp3) is 0.353. The smallest absolute Gasteiger partial charge is 0.320 e. The second-order valence-corrected chi connectivity index (χ2v) is 11.8. The van der Waals surface area contributed by atoms with Gasteiger partial charge in [-0.3, -0.25) is 19.4 Å². The van der Waals surface area contributed by atoms with Crippen molar-refractivity contribution in [2.24, 2.45) is 0 Å². The Hall–Kier alpha value is -5.01. The standard InChI is InChI=1S/C18H23N5O2.C16H17ClN4O2/c1-4-25-18-20-16(19)14-9-15(24)23(17(14)21-18)11-13-7-5-12(6-8-13)10-22(2)3;1-2-23-16-19-14(18)12-7-13(22)21(15(12)20-16)9-11-5-3-10(8-17)4-6-11/h5-8H,4,9-11H2,1-3H3,(H2,19,20,21);3-6H,2,7-9H2,1H3,(H2,18,19,20). The van der Waals surface area contributed by atoms with E-state index < -0.39 is 0 Å². The van der Waals surface area contributed by atoms with Crippen LogP contribution in [0.3, 0.4) is 0 Å². The normalized spacial score (nSPS) is 13.4. The topological polar surface area (TPSA) is 166 Å². The molecule has 2 aliphatic rings. The van der Waals surface area contributed by atoms with E-state index in [1.54, 1.807) is 9.80 Å². The summed E-state index contributed by atoms with van der Waals surface area (Å²) in [5.41, 5.74) is 17.5. The zero-order chi connectivity index (χ0) is 34.4. The minimum Gasteiger partial charge on any atom is -0.464 e. The number of aromatic nitrogens is 4. The maximum Gasteiger partial charge on any atom is 0.320 e. The molecule has 14 heteroatoms. The van der Waals surface area contributed by atoms with Gasteiger partial charge in [-0.25, -0.2) is 0 Å². The zero-order valence-corrected chi connectivity index (χ0v) is 28.3. The first-order valence-corrected chi connectivity index (χ1v) is 16.2. The Bertz CT molecular complexity index is 1770. The van der Waals surface area contributed by atoms with E-state index in [2.05, 4.69) is 37.0 Å². The molecule has 2 amide bonds. The van der Waals surface area contributed by atoms with Crippen LogP contribution in [0.25, 0.3) is 0 Å². The number of nitrogens with zero attached hydrogens (tertiary/aromatic N) is 7. The number of benzene rings is 2. The van der Waals surface area contributed by atoms with Gasteiger partial charge in [-0.15, -0.1) is 11.6 Å². The largest absolute Gasteiger partial charge is 0.464 e. The maximum absolute atomic E-state index is 12.4. The highest BCUT2D eigenvalue weighted by molar-refractivity contribution is 6.17. The molecule has 4 aromatic rings. The summed E-state index contributed by atoms with van der Waals surface area (Å²) >= 11 is 5.79. The second-order valence-electron chi connectivity index (χ2n) is 11.6. The molecule has 6 rings (SSSR count). The summed E-state index contributed by atoms with van der Waals surface area (Å²) in [5.74, 6) is 2.09. The van der Waals surface area contributed by atoms with Crippen LogP contribution < -0.4 is 30.7 Å². The lowest BCUT2D eigenvalue weighted by atomic mass is 10.1. The van der Waals surface area contributed by atoms with Gasteiger partial charge in [0.05, 0.1) is 39.1 Å². The van der Waals surface area contributed by atoms with E-state index in [1.807, 2.05) is 64.3 Å². The number of carbonyl (C=O) groups is 2. The minimum atomic E-state index is -0.0453. The molecule has 0 bridgehead atoms. The van der Waals surface area contributed by atoms with Crippen molar-refractivity contribution in [3.8, 4) is 12.0 Å². The van der Waals surface area contributed by atoms with Crippen LogP contribution in [-0.2, 0) is 47.9 Å². The summed E-state index contributed by atoms with van der Waals surface area (Å²) < 4.78 is 10.7. The molecule has 0 unspecified atom stereocenters. The average Bonchev–Trinajstić information content (AvgIpc) is 3.54. The van der Waals surface area contributed by atoms with Crippen molar-refractivity contribution in [1.29, 1.82) is 0 Å². The third kappa shape index (κ3) is 7.92. The number of carbonyl (C=O) groups excluding carboxylic acids is 2. The number of hydrogen-bond acceptors (Lipinski definition) is 11. The highest BCUT2D eigenvalue weighted by Crippen LogP contribution is 2.34. The number of halogens is 1. The number of anilines is 4. The van der Waals surface area contributed by atoms with E-state index in [0.29, 0.717) is 66.6 Å². The van der Waals surface area contributed by atoms with Gasteiger partial charge >= 0.3 is 12.0 Å². The minimum absolute atomic E-state index is 0.0259. The summed E-state index contributed by atoms with van der Waals surface area (Å²) in [5, 5.41) is 0. The van der Waals surface area contributed by atoms with Gasteiger partial charge in [-0.2, -0.15) is 19.9 Å². The Kier molecular flexibility index (Phi) is 10.9. The zero-order valence-electron chi connectivity index (χ0n) is 27.6. The molecule has 2 aromatic heterocycles. The predicted octanol–water partition coefficient (Wildman–Crippen LogP) is 3.89. The van der Waals surface area contributed by atoms with Crippen molar-refractivity contribution < 1.29 is 19.1 Å². The van der Waals surface area contributed by atoms with Crippen molar-refractivity contribution >= 4 is 46.7 Å². The van der Waals surface area contributed by atoms with Gasteiger partial charge in [0.15, 0.2) is 0 Å². The lowest BCUT2D eigenvalue weighted by molar-refractivity contribution is -0.118. The SMILES string of the molecule is CCOc1nc(N)c2c(n1)N(Cc1ccc(CCl)cc1)C(=O)C2.CCOc1nc(N)c2c(n1)N(Cc1ccc(CN(C)C)cc1)C(=O)C2. The van der Waals surface area contributed by atoms with Crippen LogP contribution in [0, 0.1) is 0 Å². The Morgan fingerprint density at radius 2 is 1.08 bits per heavy atom. The molecule has 0 aliphatic carbocycles. The summed E-state index contributed by atoms with van der Waals surface area (Å²) in [6, 6.07) is 16.5. The van der Waals surface area contributed by atoms with Gasteiger partial charge in [0.1, 0.15) is 23.3 Å². The van der Waals surface area contributed by atoms with Gasteiger partial charge in [0.25, 0.3) is 0 Å². The molecule has 252 valence electrons. The molecule has 0 atom stereocenters. The third-order valence-electron chi connectivity index (χ3n) is 7.69. The van der Waals surface area contributed by atoms with Crippen molar-refractivity contribution in [3.05, 3.63) is 81.9 Å². The highest BCUT2D eigenvalue weighted by atomic mass is 35.5. The Morgan fingerprint density at radius 3 is 1.46 bits per heavy atom. The molecule has 13 nitrogen and oxygen atoms in total. The maximum atomic E-state index is 12.4. The van der Waals surface area contributed by atoms with E-state index >= 15 is 0 Å². The van der Waals surface area contributed by atoms with Crippen molar-refractivity contribution in [1.82, 2.24) is 24.8 Å². The van der Waals surface area contributed by atoms with Crippen molar-refractivity contribution in [3.63, 3.8) is 0 Å². The molecule has 0 radical (unpaired) electrons. The van der Waals surface area contributed by atoms with Gasteiger partial charge in [-0.1, -0.05) is 48.5 Å². The summed E-state index contributed by atoms with van der Waals surface area (Å²) in [4.78, 5) is 47.0. The molecule has 2 aromatic carbocycles. The van der Waals surface area contributed by atoms with Crippen LogP contribution in [0.4, 0.5) is 23.3 Å². The van der Waals surface area contributed by atoms with E-state index in [4.69, 9.17) is 32.5 Å². The number of fused-ring (bicyclic) bond motifs is 2. The van der Waals surface area contributed by atoms with E-state index in [0.717, 1.165) is 23.2 Å². The van der Waals surface area contributed by atoms with Crippen molar-refractivity contribution in [2.45, 2.75) is 52.2 Å². The summed E-state index contributed by atoms with van der Waals surface area (Å²) in [7, 11) is 4.07. The molecule has 0 fully saturated rings. The first-order chi connectivity index (χ1) is 23.1. The molecule has 4 N–H and O–H groups in total. The monoisotopic (exact) mass is 673 g/mol. The van der Waals surface area contributed by atoms with Gasteiger partial charge in [0.2, 0.25) is 11.8 Å². The number of hydrogen-bond donors (Lipinski definition) is 2. The molecule has 0 saturated carbocycles. The molecule has 0 spiro atoms. The predicted molar refractivity (Wildman–Crippen MR) is 185 cm³/mol. The van der Waals surface area contributed by atoms with E-state index in [9.17, 15) is 9.59 Å². The third-order valence-corrected chi connectivity index (χ3v) is 8.00. The summed E-state index contributed by atoms with van der Waals surface area (Å²) in [6.07, 6.45) is 0.444. The van der Waals surface area contributed by atoms with Crippen LogP contribution in [-0.4, -0.2) is 64.0 Å². The Morgan fingerprint density at radius 1 is 0.688 bits per heavy atom. The fourth-order valence-electron chi connectivity index (χ4n) is 5.38. The lowest BCUT2D eigenvalue weighted by Crippen LogP contribution is -2.26. The average molecular weight is 674 g/mol. The van der Waals surface area contributed by atoms with Gasteiger partial charge in [-0.05, 0) is 50.2 Å². The van der Waals surface area contributed by atoms with E-state index in [1.165, 1.54) is 5.56 Å². The first kappa shape index (κ1) is 34.3. The number of nitrogens with two attached hydrogens (primary N) is 2. The summed E-state index contributed by atoms with van der Waals surface area (Å²) in [6.45, 7) is 6.34. The number of alkyl halides is 1. The molecular weight excluding hydrogens is 634 g/mol. The second kappa shape index (κ2) is 15.3. The van der Waals surface area contributed by atoms with Crippen molar-refractivity contribution in [2.75, 3.05) is 48.6 Å². The Labute approximate surface area is 284 Å². The molecule has 2 aliphatic heterocycles. The number of amides is 2. The van der Waals surface area contributed by atoms with Gasteiger partial charge < -0.3 is 25.8 Å². The lowest BCUT2D eigenvalue weighted by Gasteiger charge is -2.18. The van der Waals surface area contributed by atoms with Crippen LogP contribution >= 0.6 is 11.6 Å². The first-order valence-electron chi connectivity index (χ1n) is 15.7. The van der Waals surface area contributed by atoms with E-state index in [-0.39, 0.29) is 36.7 Å². The van der Waals surface area contributed by atoms with Crippen LogP contribution in [0.5, 0.6) is 12.0 Å². The molecule has 48 heavy (non-hydrogen) atoms. The quantitative estimate of drug-likeness (QED) is 0.222.